The molecule has 1 aliphatic rings. The summed E-state index contributed by atoms with van der Waals surface area (Å²) in [5.74, 6) is -0.345. The molecular formula is C14H16ClNO3. The molecule has 0 saturated carbocycles. The van der Waals surface area contributed by atoms with Crippen LogP contribution >= 0.6 is 11.6 Å². The molecule has 0 bridgehead atoms. The Morgan fingerprint density at radius 2 is 2.00 bits per heavy atom. The van der Waals surface area contributed by atoms with Crippen LogP contribution < -0.4 is 4.90 Å². The van der Waals surface area contributed by atoms with Crippen molar-refractivity contribution in [1.82, 2.24) is 0 Å². The third kappa shape index (κ3) is 3.26. The van der Waals surface area contributed by atoms with Gasteiger partial charge in [-0.1, -0.05) is 0 Å². The molecule has 19 heavy (non-hydrogen) atoms. The number of esters is 1. The number of alkyl halides is 1. The quantitative estimate of drug-likeness (QED) is 0.632. The van der Waals surface area contributed by atoms with Gasteiger partial charge >= 0.3 is 5.97 Å². The highest BCUT2D eigenvalue weighted by atomic mass is 35.5. The van der Waals surface area contributed by atoms with Crippen LogP contribution in [0.2, 0.25) is 0 Å². The van der Waals surface area contributed by atoms with Crippen LogP contribution in [0.25, 0.3) is 0 Å². The van der Waals surface area contributed by atoms with Crippen LogP contribution in [0, 0.1) is 0 Å². The zero-order valence-corrected chi connectivity index (χ0v) is 11.7. The Labute approximate surface area is 117 Å². The van der Waals surface area contributed by atoms with Gasteiger partial charge in [-0.2, -0.15) is 0 Å². The molecule has 1 unspecified atom stereocenters. The molecule has 1 aromatic carbocycles. The monoisotopic (exact) mass is 281 g/mol. The summed E-state index contributed by atoms with van der Waals surface area (Å²) in [4.78, 5) is 25.0. The lowest BCUT2D eigenvalue weighted by Crippen LogP contribution is -2.24. The number of anilines is 1. The van der Waals surface area contributed by atoms with Crippen LogP contribution in [0.1, 0.15) is 30.6 Å². The van der Waals surface area contributed by atoms with Crippen molar-refractivity contribution >= 4 is 29.2 Å². The van der Waals surface area contributed by atoms with Crippen molar-refractivity contribution in [1.29, 1.82) is 0 Å². The normalized spacial score (nSPS) is 19.1. The Morgan fingerprint density at radius 1 is 1.37 bits per heavy atom. The molecule has 4 nitrogen and oxygen atoms in total. The molecule has 1 saturated heterocycles. The number of carbonyl (C=O) groups is 2. The largest absolute Gasteiger partial charge is 0.459 e. The van der Waals surface area contributed by atoms with Gasteiger partial charge in [0.1, 0.15) is 0 Å². The molecule has 0 aromatic heterocycles. The predicted molar refractivity (Wildman–Crippen MR) is 73.6 cm³/mol. The number of hydrogen-bond acceptors (Lipinski definition) is 3. The lowest BCUT2D eigenvalue weighted by molar-refractivity contribution is -0.117. The van der Waals surface area contributed by atoms with Crippen LogP contribution in [0.5, 0.6) is 0 Å². The van der Waals surface area contributed by atoms with Crippen molar-refractivity contribution in [3.63, 3.8) is 0 Å². The van der Waals surface area contributed by atoms with E-state index >= 15 is 0 Å². The van der Waals surface area contributed by atoms with Gasteiger partial charge in [-0.15, -0.1) is 11.6 Å². The number of rotatable bonds is 3. The molecule has 0 aliphatic carbocycles. The van der Waals surface area contributed by atoms with Gasteiger partial charge in [-0.05, 0) is 38.1 Å². The molecule has 1 heterocycles. The molecule has 2 rings (SSSR count). The van der Waals surface area contributed by atoms with Crippen molar-refractivity contribution in [2.24, 2.45) is 0 Å². The van der Waals surface area contributed by atoms with E-state index in [-0.39, 0.29) is 23.4 Å². The van der Waals surface area contributed by atoms with E-state index in [1.54, 1.807) is 43.0 Å². The van der Waals surface area contributed by atoms with Gasteiger partial charge < -0.3 is 9.64 Å². The molecule has 1 aliphatic heterocycles. The highest BCUT2D eigenvalue weighted by Gasteiger charge is 2.29. The molecule has 102 valence electrons. The minimum atomic E-state index is -0.357. The van der Waals surface area contributed by atoms with Crippen molar-refractivity contribution in [3.05, 3.63) is 29.8 Å². The van der Waals surface area contributed by atoms with Crippen LogP contribution in [0.4, 0.5) is 5.69 Å². The van der Waals surface area contributed by atoms with E-state index in [9.17, 15) is 9.59 Å². The Hall–Kier alpha value is -1.55. The Balaban J connectivity index is 2.10. The average Bonchev–Trinajstić information content (AvgIpc) is 2.68. The summed E-state index contributed by atoms with van der Waals surface area (Å²) in [6.07, 6.45) is 0.211. The van der Waals surface area contributed by atoms with E-state index in [4.69, 9.17) is 16.3 Å². The fourth-order valence-corrected chi connectivity index (χ4v) is 2.24. The molecule has 0 spiro atoms. The Bertz CT molecular complexity index is 484. The molecule has 0 radical (unpaired) electrons. The van der Waals surface area contributed by atoms with Gasteiger partial charge in [0, 0.05) is 18.7 Å². The average molecular weight is 282 g/mol. The fraction of sp³-hybridized carbons (Fsp3) is 0.429. The number of benzene rings is 1. The van der Waals surface area contributed by atoms with Gasteiger partial charge in [0.15, 0.2) is 0 Å². The molecule has 0 N–H and O–H groups in total. The standard InChI is InChI=1S/C14H16ClNO3/c1-9(2)19-14(18)10-3-5-12(6-4-10)16-8-11(15)7-13(16)17/h3-6,9,11H,7-8H2,1-2H3. The van der Waals surface area contributed by atoms with Gasteiger partial charge in [0.2, 0.25) is 5.91 Å². The van der Waals surface area contributed by atoms with Crippen LogP contribution in [-0.2, 0) is 9.53 Å². The lowest BCUT2D eigenvalue weighted by atomic mass is 10.2. The van der Waals surface area contributed by atoms with E-state index in [2.05, 4.69) is 0 Å². The highest BCUT2D eigenvalue weighted by molar-refractivity contribution is 6.24. The summed E-state index contributed by atoms with van der Waals surface area (Å²) in [6.45, 7) is 4.11. The minimum Gasteiger partial charge on any atom is -0.459 e. The van der Waals surface area contributed by atoms with Crippen LogP contribution in [-0.4, -0.2) is 29.9 Å². The van der Waals surface area contributed by atoms with E-state index in [0.29, 0.717) is 18.5 Å². The summed E-state index contributed by atoms with van der Waals surface area (Å²) in [7, 11) is 0. The molecule has 1 amide bonds. The lowest BCUT2D eigenvalue weighted by Gasteiger charge is -2.16. The van der Waals surface area contributed by atoms with E-state index < -0.39 is 0 Å². The summed E-state index contributed by atoms with van der Waals surface area (Å²) in [5.41, 5.74) is 1.24. The maximum absolute atomic E-state index is 11.7. The SMILES string of the molecule is CC(C)OC(=O)c1ccc(N2CC(Cl)CC2=O)cc1. The molecular weight excluding hydrogens is 266 g/mol. The minimum absolute atomic E-state index is 0.0116. The van der Waals surface area contributed by atoms with E-state index in [1.807, 2.05) is 0 Å². The molecule has 1 fully saturated rings. The Morgan fingerprint density at radius 3 is 2.47 bits per heavy atom. The summed E-state index contributed by atoms with van der Waals surface area (Å²) in [6, 6.07) is 6.80. The van der Waals surface area contributed by atoms with E-state index in [0.717, 1.165) is 5.69 Å². The second-order valence-corrected chi connectivity index (χ2v) is 5.42. The van der Waals surface area contributed by atoms with Crippen molar-refractivity contribution in [3.8, 4) is 0 Å². The highest BCUT2D eigenvalue weighted by Crippen LogP contribution is 2.24. The summed E-state index contributed by atoms with van der Waals surface area (Å²) in [5, 5.41) is -0.141. The molecule has 5 heteroatoms. The third-order valence-corrected chi connectivity index (χ3v) is 3.13. The zero-order chi connectivity index (χ0) is 14.0. The van der Waals surface area contributed by atoms with E-state index in [1.165, 1.54) is 0 Å². The summed E-state index contributed by atoms with van der Waals surface area (Å²) < 4.78 is 5.10. The second kappa shape index (κ2) is 5.61. The number of halogens is 1. The van der Waals surface area contributed by atoms with Gasteiger partial charge in [-0.3, -0.25) is 4.79 Å². The van der Waals surface area contributed by atoms with Crippen LogP contribution in [0.15, 0.2) is 24.3 Å². The number of amides is 1. The maximum Gasteiger partial charge on any atom is 0.338 e. The first-order valence-corrected chi connectivity index (χ1v) is 6.66. The van der Waals surface area contributed by atoms with Crippen LogP contribution in [0.3, 0.4) is 0 Å². The van der Waals surface area contributed by atoms with Gasteiger partial charge in [-0.25, -0.2) is 4.79 Å². The van der Waals surface area contributed by atoms with Crippen molar-refractivity contribution in [2.45, 2.75) is 31.7 Å². The first-order valence-electron chi connectivity index (χ1n) is 6.23. The Kier molecular flexibility index (Phi) is 4.10. The molecule has 1 atom stereocenters. The zero-order valence-electron chi connectivity index (χ0n) is 10.9. The third-order valence-electron chi connectivity index (χ3n) is 2.84. The summed E-state index contributed by atoms with van der Waals surface area (Å²) >= 11 is 5.95. The predicted octanol–water partition coefficient (Wildman–Crippen LogP) is 2.60. The first-order chi connectivity index (χ1) is 8.97. The molecule has 1 aromatic rings. The number of nitrogens with zero attached hydrogens (tertiary/aromatic N) is 1. The van der Waals surface area contributed by atoms with Crippen molar-refractivity contribution in [2.75, 3.05) is 11.4 Å². The van der Waals surface area contributed by atoms with Gasteiger partial charge in [0.05, 0.1) is 17.0 Å². The number of hydrogen-bond donors (Lipinski definition) is 0. The first kappa shape index (κ1) is 13.9. The van der Waals surface area contributed by atoms with Gasteiger partial charge in [0.25, 0.3) is 0 Å². The maximum atomic E-state index is 11.7. The second-order valence-electron chi connectivity index (χ2n) is 4.81. The number of ether oxygens (including phenoxy) is 1. The fourth-order valence-electron chi connectivity index (χ4n) is 1.97. The number of carbonyl (C=O) groups excluding carboxylic acids is 2. The smallest absolute Gasteiger partial charge is 0.338 e. The van der Waals surface area contributed by atoms with Crippen molar-refractivity contribution < 1.29 is 14.3 Å². The topological polar surface area (TPSA) is 46.6 Å².